The molecule has 3 unspecified atom stereocenters. The van der Waals surface area contributed by atoms with Crippen LogP contribution in [0.25, 0.3) is 0 Å². The Morgan fingerprint density at radius 2 is 2.15 bits per heavy atom. The van der Waals surface area contributed by atoms with Gasteiger partial charge in [-0.3, -0.25) is 0 Å². The van der Waals surface area contributed by atoms with Gasteiger partial charge in [0.15, 0.2) is 0 Å². The Morgan fingerprint density at radius 3 is 2.85 bits per heavy atom. The molecule has 0 radical (unpaired) electrons. The summed E-state index contributed by atoms with van der Waals surface area (Å²) in [5, 5.41) is 0. The minimum atomic E-state index is 0.625. The molecule has 4 rings (SSSR count). The van der Waals surface area contributed by atoms with Crippen LogP contribution in [-0.4, -0.2) is 0 Å². The average molecular weight is 266 g/mol. The molecule has 1 fully saturated rings. The molecule has 0 heteroatoms. The molecule has 106 valence electrons. The summed E-state index contributed by atoms with van der Waals surface area (Å²) in [5.74, 6) is 2.55. The first-order chi connectivity index (χ1) is 9.66. The largest absolute Gasteiger partial charge is 0.0851 e. The van der Waals surface area contributed by atoms with Gasteiger partial charge in [-0.1, -0.05) is 44.2 Å². The molecule has 0 N–H and O–H groups in total. The Bertz CT molecular complexity index is 551. The Kier molecular flexibility index (Phi) is 2.84. The van der Waals surface area contributed by atoms with Crippen molar-refractivity contribution in [2.75, 3.05) is 0 Å². The lowest BCUT2D eigenvalue weighted by molar-refractivity contribution is 0.194. The second-order valence-electron chi connectivity index (χ2n) is 7.88. The SMILES string of the molecule is CC(C)Cc1cccc2c1CC1(CC2)CC2C=CC1C2. The van der Waals surface area contributed by atoms with E-state index < -0.39 is 0 Å². The highest BCUT2D eigenvalue weighted by Crippen LogP contribution is 2.58. The van der Waals surface area contributed by atoms with Crippen molar-refractivity contribution in [1.82, 2.24) is 0 Å². The maximum absolute atomic E-state index is 2.55. The van der Waals surface area contributed by atoms with Crippen LogP contribution in [0.1, 0.15) is 49.8 Å². The van der Waals surface area contributed by atoms with Crippen molar-refractivity contribution in [3.05, 3.63) is 47.0 Å². The van der Waals surface area contributed by atoms with E-state index in [4.69, 9.17) is 0 Å². The van der Waals surface area contributed by atoms with E-state index in [1.54, 1.807) is 16.7 Å². The van der Waals surface area contributed by atoms with Crippen LogP contribution < -0.4 is 0 Å². The van der Waals surface area contributed by atoms with Crippen molar-refractivity contribution < 1.29 is 0 Å². The smallest absolute Gasteiger partial charge is 0.0168 e. The highest BCUT2D eigenvalue weighted by Gasteiger charge is 2.49. The summed E-state index contributed by atoms with van der Waals surface area (Å²) in [6.45, 7) is 4.69. The number of fused-ring (bicyclic) bond motifs is 4. The Morgan fingerprint density at radius 1 is 1.25 bits per heavy atom. The van der Waals surface area contributed by atoms with Crippen LogP contribution in [0, 0.1) is 23.2 Å². The monoisotopic (exact) mass is 266 g/mol. The normalized spacial score (nSPS) is 34.1. The van der Waals surface area contributed by atoms with Gasteiger partial charge in [0.25, 0.3) is 0 Å². The van der Waals surface area contributed by atoms with Gasteiger partial charge < -0.3 is 0 Å². The van der Waals surface area contributed by atoms with Crippen LogP contribution in [-0.2, 0) is 19.3 Å². The van der Waals surface area contributed by atoms with Gasteiger partial charge in [-0.05, 0) is 78.4 Å². The first kappa shape index (κ1) is 12.7. The maximum Gasteiger partial charge on any atom is -0.0168 e. The molecule has 3 aliphatic rings. The zero-order chi connectivity index (χ0) is 13.7. The molecule has 0 amide bonds. The third-order valence-electron chi connectivity index (χ3n) is 6.05. The summed E-state index contributed by atoms with van der Waals surface area (Å²) in [6, 6.07) is 7.06. The van der Waals surface area contributed by atoms with Crippen LogP contribution in [0.3, 0.4) is 0 Å². The molecular weight excluding hydrogens is 240 g/mol. The number of hydrogen-bond acceptors (Lipinski definition) is 0. The number of rotatable bonds is 2. The van der Waals surface area contributed by atoms with Crippen LogP contribution >= 0.6 is 0 Å². The molecule has 20 heavy (non-hydrogen) atoms. The van der Waals surface area contributed by atoms with Gasteiger partial charge in [-0.15, -0.1) is 0 Å². The molecular formula is C20H26. The van der Waals surface area contributed by atoms with Gasteiger partial charge in [0, 0.05) is 0 Å². The highest BCUT2D eigenvalue weighted by molar-refractivity contribution is 5.40. The topological polar surface area (TPSA) is 0 Å². The van der Waals surface area contributed by atoms with Crippen molar-refractivity contribution in [3.8, 4) is 0 Å². The molecule has 0 nitrogen and oxygen atoms in total. The zero-order valence-corrected chi connectivity index (χ0v) is 12.9. The first-order valence-electron chi connectivity index (χ1n) is 8.44. The Labute approximate surface area is 123 Å². The molecule has 1 spiro atoms. The maximum atomic E-state index is 2.55. The minimum absolute atomic E-state index is 0.625. The Balaban J connectivity index is 1.70. The van der Waals surface area contributed by atoms with Gasteiger partial charge in [-0.25, -0.2) is 0 Å². The summed E-state index contributed by atoms with van der Waals surface area (Å²) in [6.07, 6.45) is 13.3. The summed E-state index contributed by atoms with van der Waals surface area (Å²) in [5.41, 5.74) is 5.65. The van der Waals surface area contributed by atoms with Crippen molar-refractivity contribution in [1.29, 1.82) is 0 Å². The average Bonchev–Trinajstić information content (AvgIpc) is 3.00. The molecule has 3 atom stereocenters. The summed E-state index contributed by atoms with van der Waals surface area (Å²) < 4.78 is 0. The second kappa shape index (κ2) is 4.48. The molecule has 1 saturated carbocycles. The highest BCUT2D eigenvalue weighted by atomic mass is 14.5. The second-order valence-corrected chi connectivity index (χ2v) is 7.88. The van der Waals surface area contributed by atoms with E-state index in [1.807, 2.05) is 0 Å². The third kappa shape index (κ3) is 1.88. The van der Waals surface area contributed by atoms with Crippen LogP contribution in [0.4, 0.5) is 0 Å². The van der Waals surface area contributed by atoms with Crippen molar-refractivity contribution in [3.63, 3.8) is 0 Å². The van der Waals surface area contributed by atoms with E-state index in [0.29, 0.717) is 5.41 Å². The fourth-order valence-corrected chi connectivity index (χ4v) is 5.15. The fraction of sp³-hybridized carbons (Fsp3) is 0.600. The molecule has 0 heterocycles. The van der Waals surface area contributed by atoms with E-state index in [-0.39, 0.29) is 0 Å². The molecule has 1 aromatic carbocycles. The fourth-order valence-electron chi connectivity index (χ4n) is 5.15. The molecule has 2 bridgehead atoms. The molecule has 1 aromatic rings. The lowest BCUT2D eigenvalue weighted by atomic mass is 9.63. The summed E-state index contributed by atoms with van der Waals surface area (Å²) in [7, 11) is 0. The van der Waals surface area contributed by atoms with Crippen molar-refractivity contribution in [2.24, 2.45) is 23.2 Å². The quantitative estimate of drug-likeness (QED) is 0.664. The predicted molar refractivity (Wildman–Crippen MR) is 84.8 cm³/mol. The number of hydrogen-bond donors (Lipinski definition) is 0. The lowest BCUT2D eigenvalue weighted by Crippen LogP contribution is -2.33. The molecule has 3 aliphatic carbocycles. The first-order valence-corrected chi connectivity index (χ1v) is 8.44. The third-order valence-corrected chi connectivity index (χ3v) is 6.05. The van der Waals surface area contributed by atoms with E-state index in [2.05, 4.69) is 44.2 Å². The van der Waals surface area contributed by atoms with Crippen molar-refractivity contribution >= 4 is 0 Å². The number of benzene rings is 1. The van der Waals surface area contributed by atoms with Crippen LogP contribution in [0.5, 0.6) is 0 Å². The molecule has 0 aromatic heterocycles. The van der Waals surface area contributed by atoms with E-state index >= 15 is 0 Å². The predicted octanol–water partition coefficient (Wildman–Crippen LogP) is 4.96. The molecule has 0 aliphatic heterocycles. The number of aryl methyl sites for hydroxylation is 1. The van der Waals surface area contributed by atoms with Gasteiger partial charge in [0.05, 0.1) is 0 Å². The van der Waals surface area contributed by atoms with E-state index in [9.17, 15) is 0 Å². The lowest BCUT2D eigenvalue weighted by Gasteiger charge is -2.41. The van der Waals surface area contributed by atoms with Gasteiger partial charge in [0.1, 0.15) is 0 Å². The van der Waals surface area contributed by atoms with Crippen LogP contribution in [0.15, 0.2) is 30.4 Å². The zero-order valence-electron chi connectivity index (χ0n) is 12.9. The van der Waals surface area contributed by atoms with E-state index in [0.717, 1.165) is 17.8 Å². The van der Waals surface area contributed by atoms with Crippen molar-refractivity contribution in [2.45, 2.75) is 52.4 Å². The van der Waals surface area contributed by atoms with Gasteiger partial charge in [-0.2, -0.15) is 0 Å². The van der Waals surface area contributed by atoms with Gasteiger partial charge in [0.2, 0.25) is 0 Å². The number of allylic oxidation sites excluding steroid dienone is 2. The summed E-state index contributed by atoms with van der Waals surface area (Å²) >= 11 is 0. The summed E-state index contributed by atoms with van der Waals surface area (Å²) in [4.78, 5) is 0. The molecule has 0 saturated heterocycles. The standard InChI is InChI=1S/C20H26/c1-14(2)10-17-5-3-4-16-8-9-20(13-19(16)17)12-15-6-7-18(20)11-15/h3-7,14-15,18H,8-13H2,1-2H3. The van der Waals surface area contributed by atoms with Crippen LogP contribution in [0.2, 0.25) is 0 Å². The van der Waals surface area contributed by atoms with Gasteiger partial charge >= 0.3 is 0 Å². The Hall–Kier alpha value is -1.04. The van der Waals surface area contributed by atoms with E-state index in [1.165, 1.54) is 38.5 Å². The minimum Gasteiger partial charge on any atom is -0.0851 e.